The summed E-state index contributed by atoms with van der Waals surface area (Å²) in [6.07, 6.45) is 3.94. The lowest BCUT2D eigenvalue weighted by Gasteiger charge is -2.04. The molecule has 0 saturated heterocycles. The van der Waals surface area contributed by atoms with Crippen LogP contribution in [-0.4, -0.2) is 4.99 Å². The van der Waals surface area contributed by atoms with E-state index in [0.29, 0.717) is 0 Å². The molecule has 2 heteroatoms. The second-order valence-corrected chi connectivity index (χ2v) is 4.39. The van der Waals surface area contributed by atoms with E-state index >= 15 is 0 Å². The molecule has 0 aliphatic rings. The summed E-state index contributed by atoms with van der Waals surface area (Å²) in [5, 5.41) is 3.21. The Morgan fingerprint density at radius 3 is 2.22 bits per heavy atom. The summed E-state index contributed by atoms with van der Waals surface area (Å²) in [5.41, 5.74) is 2.38. The Morgan fingerprint density at radius 2 is 1.56 bits per heavy atom. The van der Waals surface area contributed by atoms with Crippen LogP contribution in [-0.2, 0) is 6.54 Å². The molecular weight excluding hydrogens is 238 g/mol. The first-order valence-corrected chi connectivity index (χ1v) is 6.30. The Balaban J connectivity index is 1.84. The highest BCUT2D eigenvalue weighted by Gasteiger charge is 1.92. The summed E-state index contributed by atoms with van der Waals surface area (Å²) < 4.78 is 0. The lowest BCUT2D eigenvalue weighted by Crippen LogP contribution is -2.18. The monoisotopic (exact) mass is 253 g/mol. The first kappa shape index (κ1) is 12.5. The number of thiocarbonyl (C=S) groups is 1. The van der Waals surface area contributed by atoms with Crippen LogP contribution in [0.15, 0.2) is 66.7 Å². The Hall–Kier alpha value is -1.93. The molecule has 0 aliphatic heterocycles. The highest BCUT2D eigenvalue weighted by Crippen LogP contribution is 2.01. The van der Waals surface area contributed by atoms with Crippen LogP contribution in [0.5, 0.6) is 0 Å². The van der Waals surface area contributed by atoms with Crippen LogP contribution in [0.1, 0.15) is 11.1 Å². The van der Waals surface area contributed by atoms with Crippen LogP contribution in [0, 0.1) is 0 Å². The van der Waals surface area contributed by atoms with Crippen molar-refractivity contribution < 1.29 is 0 Å². The molecule has 1 nitrogen and oxygen atoms in total. The third-order valence-electron chi connectivity index (χ3n) is 2.54. The molecular formula is C16H15NS. The van der Waals surface area contributed by atoms with Crippen LogP contribution in [0.3, 0.4) is 0 Å². The summed E-state index contributed by atoms with van der Waals surface area (Å²) in [6.45, 7) is 0.763. The molecule has 0 fully saturated rings. The Labute approximate surface area is 113 Å². The summed E-state index contributed by atoms with van der Waals surface area (Å²) in [4.78, 5) is 0.753. The van der Waals surface area contributed by atoms with Crippen molar-refractivity contribution in [3.05, 3.63) is 77.9 Å². The largest absolute Gasteiger partial charge is 0.372 e. The number of hydrogen-bond acceptors (Lipinski definition) is 1. The molecule has 0 atom stereocenters. The number of hydrogen-bond donors (Lipinski definition) is 1. The standard InChI is InChI=1S/C16H15NS/c18-16(12-11-14-7-3-1-4-8-14)17-13-15-9-5-2-6-10-15/h1-12H,13H2,(H,17,18)/b12-11+. The van der Waals surface area contributed by atoms with Gasteiger partial charge in [-0.2, -0.15) is 0 Å². The van der Waals surface area contributed by atoms with Crippen molar-refractivity contribution in [3.8, 4) is 0 Å². The fourth-order valence-electron chi connectivity index (χ4n) is 1.58. The fraction of sp³-hybridized carbons (Fsp3) is 0.0625. The van der Waals surface area contributed by atoms with Crippen LogP contribution >= 0.6 is 12.2 Å². The smallest absolute Gasteiger partial charge is 0.0990 e. The van der Waals surface area contributed by atoms with Gasteiger partial charge < -0.3 is 5.32 Å². The fourth-order valence-corrected chi connectivity index (χ4v) is 1.72. The number of nitrogens with one attached hydrogen (secondary N) is 1. The molecule has 2 aromatic rings. The second-order valence-electron chi connectivity index (χ2n) is 3.95. The predicted molar refractivity (Wildman–Crippen MR) is 81.4 cm³/mol. The predicted octanol–water partition coefficient (Wildman–Crippen LogP) is 3.82. The average Bonchev–Trinajstić information content (AvgIpc) is 2.45. The minimum absolute atomic E-state index is 0.753. The molecule has 2 rings (SSSR count). The van der Waals surface area contributed by atoms with Crippen molar-refractivity contribution in [2.75, 3.05) is 0 Å². The van der Waals surface area contributed by atoms with Crippen molar-refractivity contribution >= 4 is 23.3 Å². The van der Waals surface area contributed by atoms with Gasteiger partial charge in [-0.25, -0.2) is 0 Å². The SMILES string of the molecule is S=C(/C=C/c1ccccc1)NCc1ccccc1. The zero-order valence-corrected chi connectivity index (χ0v) is 10.9. The van der Waals surface area contributed by atoms with Gasteiger partial charge in [0.15, 0.2) is 0 Å². The van der Waals surface area contributed by atoms with Gasteiger partial charge in [0.1, 0.15) is 0 Å². The van der Waals surface area contributed by atoms with Crippen molar-refractivity contribution in [2.24, 2.45) is 0 Å². The third-order valence-corrected chi connectivity index (χ3v) is 2.82. The van der Waals surface area contributed by atoms with Gasteiger partial charge >= 0.3 is 0 Å². The van der Waals surface area contributed by atoms with Crippen LogP contribution in [0.25, 0.3) is 6.08 Å². The quantitative estimate of drug-likeness (QED) is 0.656. The Kier molecular flexibility index (Phi) is 4.68. The van der Waals surface area contributed by atoms with Crippen molar-refractivity contribution in [1.29, 1.82) is 0 Å². The van der Waals surface area contributed by atoms with Gasteiger partial charge in [0.05, 0.1) is 4.99 Å². The maximum atomic E-state index is 5.25. The average molecular weight is 253 g/mol. The van der Waals surface area contributed by atoms with Crippen LogP contribution in [0.2, 0.25) is 0 Å². The highest BCUT2D eigenvalue weighted by atomic mass is 32.1. The normalized spacial score (nSPS) is 10.4. The van der Waals surface area contributed by atoms with E-state index in [4.69, 9.17) is 12.2 Å². The molecule has 0 bridgehead atoms. The lowest BCUT2D eigenvalue weighted by atomic mass is 10.2. The summed E-state index contributed by atoms with van der Waals surface area (Å²) in [5.74, 6) is 0. The second kappa shape index (κ2) is 6.72. The summed E-state index contributed by atoms with van der Waals surface area (Å²) in [7, 11) is 0. The van der Waals surface area contributed by atoms with E-state index in [1.165, 1.54) is 5.56 Å². The summed E-state index contributed by atoms with van der Waals surface area (Å²) in [6, 6.07) is 20.4. The van der Waals surface area contributed by atoms with Gasteiger partial charge in [-0.15, -0.1) is 0 Å². The molecule has 18 heavy (non-hydrogen) atoms. The van der Waals surface area contributed by atoms with Gasteiger partial charge in [0, 0.05) is 6.54 Å². The van der Waals surface area contributed by atoms with Crippen molar-refractivity contribution in [2.45, 2.75) is 6.54 Å². The minimum Gasteiger partial charge on any atom is -0.372 e. The molecule has 0 radical (unpaired) electrons. The molecule has 0 spiro atoms. The molecule has 0 aromatic heterocycles. The maximum absolute atomic E-state index is 5.25. The molecule has 0 aliphatic carbocycles. The Morgan fingerprint density at radius 1 is 0.944 bits per heavy atom. The number of benzene rings is 2. The van der Waals surface area contributed by atoms with Gasteiger partial charge in [-0.3, -0.25) is 0 Å². The van der Waals surface area contributed by atoms with E-state index < -0.39 is 0 Å². The molecule has 0 saturated carbocycles. The van der Waals surface area contributed by atoms with Crippen LogP contribution < -0.4 is 5.32 Å². The van der Waals surface area contributed by atoms with Gasteiger partial charge in [-0.1, -0.05) is 79.0 Å². The molecule has 1 N–H and O–H groups in total. The molecule has 90 valence electrons. The van der Waals surface area contributed by atoms with E-state index in [1.807, 2.05) is 48.6 Å². The first-order chi connectivity index (χ1) is 8.84. The van der Waals surface area contributed by atoms with E-state index in [1.54, 1.807) is 0 Å². The molecule has 0 amide bonds. The molecule has 2 aromatic carbocycles. The van der Waals surface area contributed by atoms with Crippen molar-refractivity contribution in [3.63, 3.8) is 0 Å². The highest BCUT2D eigenvalue weighted by molar-refractivity contribution is 7.80. The van der Waals surface area contributed by atoms with Crippen LogP contribution in [0.4, 0.5) is 0 Å². The molecule has 0 unspecified atom stereocenters. The number of rotatable bonds is 4. The maximum Gasteiger partial charge on any atom is 0.0990 e. The Bertz CT molecular complexity index is 517. The van der Waals surface area contributed by atoms with Gasteiger partial charge in [-0.05, 0) is 17.2 Å². The summed E-state index contributed by atoms with van der Waals surface area (Å²) >= 11 is 5.25. The molecule has 0 heterocycles. The zero-order valence-electron chi connectivity index (χ0n) is 10.0. The third kappa shape index (κ3) is 4.15. The zero-order chi connectivity index (χ0) is 12.6. The van der Waals surface area contributed by atoms with Crippen molar-refractivity contribution in [1.82, 2.24) is 5.32 Å². The van der Waals surface area contributed by atoms with E-state index in [2.05, 4.69) is 29.6 Å². The van der Waals surface area contributed by atoms with Gasteiger partial charge in [0.25, 0.3) is 0 Å². The lowest BCUT2D eigenvalue weighted by molar-refractivity contribution is 0.932. The topological polar surface area (TPSA) is 12.0 Å². The first-order valence-electron chi connectivity index (χ1n) is 5.89. The minimum atomic E-state index is 0.753. The van der Waals surface area contributed by atoms with E-state index in [9.17, 15) is 0 Å². The van der Waals surface area contributed by atoms with E-state index in [-0.39, 0.29) is 0 Å². The van der Waals surface area contributed by atoms with E-state index in [0.717, 1.165) is 17.1 Å². The van der Waals surface area contributed by atoms with Gasteiger partial charge in [0.2, 0.25) is 0 Å².